The molecule has 0 bridgehead atoms. The van der Waals surface area contributed by atoms with Gasteiger partial charge in [-0.15, -0.1) is 0 Å². The molecule has 0 aliphatic rings. The van der Waals surface area contributed by atoms with Crippen LogP contribution in [0.25, 0.3) is 11.2 Å². The number of carbonyl (C=O) groups is 1. The lowest BCUT2D eigenvalue weighted by molar-refractivity contribution is -0.141. The fourth-order valence-corrected chi connectivity index (χ4v) is 2.86. The summed E-state index contributed by atoms with van der Waals surface area (Å²) in [5, 5.41) is 2.64. The molecule has 0 fully saturated rings. The fraction of sp³-hybridized carbons (Fsp3) is 0.150. The van der Waals surface area contributed by atoms with Crippen LogP contribution in [-0.2, 0) is 19.3 Å². The number of rotatable bonds is 5. The van der Waals surface area contributed by atoms with Gasteiger partial charge in [-0.05, 0) is 29.3 Å². The van der Waals surface area contributed by atoms with E-state index in [-0.39, 0.29) is 6.54 Å². The van der Waals surface area contributed by atoms with E-state index in [0.717, 1.165) is 17.8 Å². The quantitative estimate of drug-likeness (QED) is 0.544. The van der Waals surface area contributed by atoms with Gasteiger partial charge < -0.3 is 9.88 Å². The Morgan fingerprint density at radius 3 is 2.60 bits per heavy atom. The molecule has 4 aromatic heterocycles. The first-order valence-corrected chi connectivity index (χ1v) is 8.90. The van der Waals surface area contributed by atoms with Gasteiger partial charge in [-0.2, -0.15) is 13.2 Å². The smallest absolute Gasteiger partial charge is 0.348 e. The molecule has 0 radical (unpaired) electrons. The Morgan fingerprint density at radius 2 is 1.90 bits per heavy atom. The van der Waals surface area contributed by atoms with E-state index < -0.39 is 17.8 Å². The molecular formula is C20H15F3N6O. The molecule has 1 amide bonds. The predicted octanol–water partition coefficient (Wildman–Crippen LogP) is 3.22. The molecule has 4 aromatic rings. The summed E-state index contributed by atoms with van der Waals surface area (Å²) < 4.78 is 39.5. The second-order valence-electron chi connectivity index (χ2n) is 6.53. The second-order valence-corrected chi connectivity index (χ2v) is 6.53. The topological polar surface area (TPSA) is 85.6 Å². The summed E-state index contributed by atoms with van der Waals surface area (Å²) in [5.74, 6) is -0.411. The first-order chi connectivity index (χ1) is 14.4. The number of hydrogen-bond acceptors (Lipinski definition) is 5. The molecule has 0 spiro atoms. The maximum Gasteiger partial charge on any atom is 0.433 e. The highest BCUT2D eigenvalue weighted by Gasteiger charge is 2.31. The van der Waals surface area contributed by atoms with E-state index in [1.165, 1.54) is 12.3 Å². The summed E-state index contributed by atoms with van der Waals surface area (Å²) in [4.78, 5) is 28.5. The molecule has 0 saturated heterocycles. The van der Waals surface area contributed by atoms with Crippen LogP contribution in [0.15, 0.2) is 61.4 Å². The number of nitrogens with one attached hydrogen (secondary N) is 1. The van der Waals surface area contributed by atoms with Gasteiger partial charge in [0.05, 0.1) is 18.4 Å². The number of nitrogens with zero attached hydrogens (tertiary/aromatic N) is 5. The number of aromatic nitrogens is 5. The summed E-state index contributed by atoms with van der Waals surface area (Å²) in [5.41, 5.74) is 1.95. The molecule has 0 aromatic carbocycles. The Morgan fingerprint density at radius 1 is 1.03 bits per heavy atom. The first kappa shape index (κ1) is 19.5. The average Bonchev–Trinajstić information content (AvgIpc) is 3.14. The summed E-state index contributed by atoms with van der Waals surface area (Å²) in [6.45, 7) is 0.585. The maximum absolute atomic E-state index is 12.6. The van der Waals surface area contributed by atoms with Crippen molar-refractivity contribution in [2.75, 3.05) is 0 Å². The molecule has 4 heterocycles. The van der Waals surface area contributed by atoms with Crippen molar-refractivity contribution in [1.82, 2.24) is 29.8 Å². The van der Waals surface area contributed by atoms with Gasteiger partial charge in [0, 0.05) is 31.3 Å². The van der Waals surface area contributed by atoms with Gasteiger partial charge in [0.15, 0.2) is 5.65 Å². The highest BCUT2D eigenvalue weighted by molar-refractivity contribution is 5.96. The van der Waals surface area contributed by atoms with Crippen LogP contribution >= 0.6 is 0 Å². The van der Waals surface area contributed by atoms with Gasteiger partial charge in [-0.25, -0.2) is 9.97 Å². The monoisotopic (exact) mass is 412 g/mol. The van der Waals surface area contributed by atoms with E-state index in [2.05, 4.69) is 25.3 Å². The predicted molar refractivity (Wildman–Crippen MR) is 101 cm³/mol. The maximum atomic E-state index is 12.6. The SMILES string of the molecule is O=C(NCc1ccc(C(F)(F)F)nc1)c1cnc2c(c1)ncn2Cc1cccnc1. The van der Waals surface area contributed by atoms with Crippen LogP contribution in [0.2, 0.25) is 0 Å². The first-order valence-electron chi connectivity index (χ1n) is 8.90. The molecule has 0 saturated carbocycles. The number of amides is 1. The molecule has 0 aliphatic carbocycles. The number of imidazole rings is 1. The lowest BCUT2D eigenvalue weighted by Crippen LogP contribution is -2.23. The number of fused-ring (bicyclic) bond motifs is 1. The standard InChI is InChI=1S/C20H15F3N6O/c21-20(22,23)17-4-3-13(8-25-17)9-27-19(30)15-6-16-18(26-10-15)29(12-28-16)11-14-2-1-5-24-7-14/h1-8,10,12H,9,11H2,(H,27,30). The van der Waals surface area contributed by atoms with Crippen molar-refractivity contribution in [3.8, 4) is 0 Å². The zero-order valence-corrected chi connectivity index (χ0v) is 15.5. The van der Waals surface area contributed by atoms with E-state index in [0.29, 0.717) is 28.8 Å². The van der Waals surface area contributed by atoms with Crippen LogP contribution in [0.1, 0.15) is 27.2 Å². The summed E-state index contributed by atoms with van der Waals surface area (Å²) in [7, 11) is 0. The van der Waals surface area contributed by atoms with Gasteiger partial charge in [-0.1, -0.05) is 12.1 Å². The highest BCUT2D eigenvalue weighted by Crippen LogP contribution is 2.27. The van der Waals surface area contributed by atoms with Crippen molar-refractivity contribution < 1.29 is 18.0 Å². The third-order valence-electron chi connectivity index (χ3n) is 4.36. The van der Waals surface area contributed by atoms with Gasteiger partial charge in [0.2, 0.25) is 0 Å². The minimum absolute atomic E-state index is 0.0391. The zero-order chi connectivity index (χ0) is 21.1. The molecule has 4 rings (SSSR count). The number of hydrogen-bond donors (Lipinski definition) is 1. The van der Waals surface area contributed by atoms with E-state index in [4.69, 9.17) is 0 Å². The van der Waals surface area contributed by atoms with E-state index in [1.54, 1.807) is 24.8 Å². The van der Waals surface area contributed by atoms with Crippen LogP contribution in [0.4, 0.5) is 13.2 Å². The van der Waals surface area contributed by atoms with Crippen LogP contribution < -0.4 is 5.32 Å². The normalized spacial score (nSPS) is 11.6. The highest BCUT2D eigenvalue weighted by atomic mass is 19.4. The van der Waals surface area contributed by atoms with Crippen LogP contribution in [-0.4, -0.2) is 30.4 Å². The van der Waals surface area contributed by atoms with E-state index in [9.17, 15) is 18.0 Å². The van der Waals surface area contributed by atoms with Gasteiger partial charge in [0.1, 0.15) is 11.2 Å². The Hall–Kier alpha value is -3.82. The number of pyridine rings is 3. The Kier molecular flexibility index (Phi) is 5.13. The molecule has 7 nitrogen and oxygen atoms in total. The van der Waals surface area contributed by atoms with Gasteiger partial charge >= 0.3 is 6.18 Å². The Bertz CT molecular complexity index is 1170. The number of carbonyl (C=O) groups excluding carboxylic acids is 1. The van der Waals surface area contributed by atoms with Crippen LogP contribution in [0, 0.1) is 0 Å². The minimum Gasteiger partial charge on any atom is -0.348 e. The largest absolute Gasteiger partial charge is 0.433 e. The summed E-state index contributed by atoms with van der Waals surface area (Å²) in [6.07, 6.45) is 3.11. The van der Waals surface area contributed by atoms with Crippen molar-refractivity contribution in [1.29, 1.82) is 0 Å². The molecule has 0 aliphatic heterocycles. The third-order valence-corrected chi connectivity index (χ3v) is 4.36. The molecule has 30 heavy (non-hydrogen) atoms. The molecule has 1 N–H and O–H groups in total. The number of alkyl halides is 3. The van der Waals surface area contributed by atoms with Crippen molar-refractivity contribution in [2.24, 2.45) is 0 Å². The molecular weight excluding hydrogens is 397 g/mol. The summed E-state index contributed by atoms with van der Waals surface area (Å²) in [6, 6.07) is 7.55. The molecule has 10 heteroatoms. The molecule has 0 unspecified atom stereocenters. The van der Waals surface area contributed by atoms with Crippen molar-refractivity contribution >= 4 is 17.1 Å². The second kappa shape index (κ2) is 7.90. The van der Waals surface area contributed by atoms with E-state index >= 15 is 0 Å². The van der Waals surface area contributed by atoms with Crippen LogP contribution in [0.5, 0.6) is 0 Å². The lowest BCUT2D eigenvalue weighted by Gasteiger charge is -2.08. The van der Waals surface area contributed by atoms with Crippen molar-refractivity contribution in [2.45, 2.75) is 19.3 Å². The zero-order valence-electron chi connectivity index (χ0n) is 15.5. The van der Waals surface area contributed by atoms with E-state index in [1.807, 2.05) is 16.7 Å². The Balaban J connectivity index is 1.43. The third kappa shape index (κ3) is 4.27. The van der Waals surface area contributed by atoms with Crippen LogP contribution in [0.3, 0.4) is 0 Å². The van der Waals surface area contributed by atoms with Gasteiger partial charge in [0.25, 0.3) is 5.91 Å². The molecule has 152 valence electrons. The fourth-order valence-electron chi connectivity index (χ4n) is 2.86. The van der Waals surface area contributed by atoms with Crippen molar-refractivity contribution in [3.05, 3.63) is 83.8 Å². The van der Waals surface area contributed by atoms with Crippen molar-refractivity contribution in [3.63, 3.8) is 0 Å². The number of halogens is 3. The Labute approximate surface area is 168 Å². The summed E-state index contributed by atoms with van der Waals surface area (Å²) >= 11 is 0. The molecule has 0 atom stereocenters. The van der Waals surface area contributed by atoms with Gasteiger partial charge in [-0.3, -0.25) is 14.8 Å². The lowest BCUT2D eigenvalue weighted by atomic mass is 10.2. The minimum atomic E-state index is -4.50. The average molecular weight is 412 g/mol.